The van der Waals surface area contributed by atoms with Crippen LogP contribution in [0.1, 0.15) is 11.1 Å². The van der Waals surface area contributed by atoms with Crippen molar-refractivity contribution in [2.24, 2.45) is 0 Å². The second kappa shape index (κ2) is 5.54. The molecule has 0 spiro atoms. The van der Waals surface area contributed by atoms with E-state index in [9.17, 15) is 12.8 Å². The minimum absolute atomic E-state index is 0.163. The summed E-state index contributed by atoms with van der Waals surface area (Å²) in [5, 5.41) is 0. The molecule has 20 heavy (non-hydrogen) atoms. The number of rotatable bonds is 3. The molecule has 0 saturated carbocycles. The molecule has 0 bridgehead atoms. The van der Waals surface area contributed by atoms with Crippen molar-refractivity contribution in [3.05, 3.63) is 57.8 Å². The molecule has 0 aliphatic rings. The van der Waals surface area contributed by atoms with Crippen LogP contribution < -0.4 is 4.72 Å². The maximum Gasteiger partial charge on any atom is 0.262 e. The lowest BCUT2D eigenvalue weighted by Gasteiger charge is -2.13. The third-order valence-corrected chi connectivity index (χ3v) is 4.95. The summed E-state index contributed by atoms with van der Waals surface area (Å²) >= 11 is 3.25. The van der Waals surface area contributed by atoms with E-state index in [-0.39, 0.29) is 16.1 Å². The molecule has 0 aliphatic carbocycles. The van der Waals surface area contributed by atoms with Gasteiger partial charge >= 0.3 is 0 Å². The van der Waals surface area contributed by atoms with Crippen LogP contribution in [0.5, 0.6) is 0 Å². The van der Waals surface area contributed by atoms with Gasteiger partial charge in [-0.3, -0.25) is 4.72 Å². The zero-order valence-electron chi connectivity index (χ0n) is 10.9. The Morgan fingerprint density at radius 2 is 1.85 bits per heavy atom. The lowest BCUT2D eigenvalue weighted by molar-refractivity contribution is 0.600. The third-order valence-electron chi connectivity index (χ3n) is 2.95. The summed E-state index contributed by atoms with van der Waals surface area (Å²) in [6, 6.07) is 9.28. The van der Waals surface area contributed by atoms with Crippen LogP contribution in [0.25, 0.3) is 0 Å². The molecule has 3 nitrogen and oxygen atoms in total. The van der Waals surface area contributed by atoms with Crippen LogP contribution in [0.2, 0.25) is 0 Å². The first-order valence-electron chi connectivity index (χ1n) is 5.85. The minimum Gasteiger partial charge on any atom is -0.279 e. The Balaban J connectivity index is 2.46. The van der Waals surface area contributed by atoms with E-state index in [2.05, 4.69) is 20.7 Å². The fraction of sp³-hybridized carbons (Fsp3) is 0.143. The average molecular weight is 358 g/mol. The van der Waals surface area contributed by atoms with E-state index in [0.29, 0.717) is 10.0 Å². The highest BCUT2D eigenvalue weighted by molar-refractivity contribution is 9.10. The highest BCUT2D eigenvalue weighted by Crippen LogP contribution is 2.25. The van der Waals surface area contributed by atoms with Crippen LogP contribution >= 0.6 is 15.9 Å². The molecule has 0 saturated heterocycles. The van der Waals surface area contributed by atoms with Crippen LogP contribution in [0.15, 0.2) is 45.8 Å². The Hall–Kier alpha value is -1.40. The van der Waals surface area contributed by atoms with Gasteiger partial charge in [0.15, 0.2) is 0 Å². The van der Waals surface area contributed by atoms with Gasteiger partial charge < -0.3 is 0 Å². The van der Waals surface area contributed by atoms with Gasteiger partial charge in [-0.15, -0.1) is 0 Å². The van der Waals surface area contributed by atoms with Crippen LogP contribution in [0.4, 0.5) is 10.1 Å². The van der Waals surface area contributed by atoms with Gasteiger partial charge in [0, 0.05) is 10.0 Å². The fourth-order valence-electron chi connectivity index (χ4n) is 1.78. The predicted octanol–water partition coefficient (Wildman–Crippen LogP) is 4.01. The lowest BCUT2D eigenvalue weighted by atomic mass is 10.2. The molecule has 0 radical (unpaired) electrons. The number of nitrogens with one attached hydrogen (secondary N) is 1. The summed E-state index contributed by atoms with van der Waals surface area (Å²) in [6.07, 6.45) is 0. The van der Waals surface area contributed by atoms with Crippen molar-refractivity contribution in [2.75, 3.05) is 4.72 Å². The van der Waals surface area contributed by atoms with Crippen molar-refractivity contribution in [1.29, 1.82) is 0 Å². The Bertz CT molecular complexity index is 760. The van der Waals surface area contributed by atoms with E-state index < -0.39 is 15.8 Å². The van der Waals surface area contributed by atoms with E-state index in [1.54, 1.807) is 19.1 Å². The van der Waals surface area contributed by atoms with Crippen molar-refractivity contribution < 1.29 is 12.8 Å². The van der Waals surface area contributed by atoms with E-state index in [1.165, 1.54) is 31.2 Å². The molecule has 0 aromatic heterocycles. The van der Waals surface area contributed by atoms with Gasteiger partial charge in [0.25, 0.3) is 10.0 Å². The molecular weight excluding hydrogens is 345 g/mol. The lowest BCUT2D eigenvalue weighted by Crippen LogP contribution is -2.15. The van der Waals surface area contributed by atoms with E-state index >= 15 is 0 Å². The van der Waals surface area contributed by atoms with Gasteiger partial charge in [-0.2, -0.15) is 0 Å². The summed E-state index contributed by atoms with van der Waals surface area (Å²) in [7, 11) is -3.75. The Morgan fingerprint density at radius 1 is 1.15 bits per heavy atom. The SMILES string of the molecule is Cc1ccc(Br)cc1S(=O)(=O)Nc1cccc(F)c1C. The number of sulfonamides is 1. The molecule has 0 aliphatic heterocycles. The number of halogens is 2. The van der Waals surface area contributed by atoms with Gasteiger partial charge in [0.1, 0.15) is 5.82 Å². The van der Waals surface area contributed by atoms with Crippen LogP contribution in [-0.4, -0.2) is 8.42 Å². The fourth-order valence-corrected chi connectivity index (χ4v) is 3.69. The molecule has 2 aromatic rings. The maximum absolute atomic E-state index is 13.5. The molecule has 2 rings (SSSR count). The summed E-state index contributed by atoms with van der Waals surface area (Å²) in [6.45, 7) is 3.24. The number of hydrogen-bond donors (Lipinski definition) is 1. The zero-order chi connectivity index (χ0) is 14.9. The topological polar surface area (TPSA) is 46.2 Å². The van der Waals surface area contributed by atoms with Crippen molar-refractivity contribution in [1.82, 2.24) is 0 Å². The maximum atomic E-state index is 13.5. The molecule has 0 heterocycles. The van der Waals surface area contributed by atoms with Gasteiger partial charge in [-0.05, 0) is 43.7 Å². The van der Waals surface area contributed by atoms with E-state index in [0.717, 1.165) is 0 Å². The second-order valence-corrected chi connectivity index (χ2v) is 6.99. The van der Waals surface area contributed by atoms with Gasteiger partial charge in [-0.1, -0.05) is 28.1 Å². The van der Waals surface area contributed by atoms with Crippen molar-refractivity contribution >= 4 is 31.6 Å². The summed E-state index contributed by atoms with van der Waals surface area (Å²) in [4.78, 5) is 0.163. The predicted molar refractivity (Wildman–Crippen MR) is 80.8 cm³/mol. The highest BCUT2D eigenvalue weighted by atomic mass is 79.9. The summed E-state index contributed by atoms with van der Waals surface area (Å²) in [5.41, 5.74) is 1.13. The van der Waals surface area contributed by atoms with Crippen LogP contribution in [0.3, 0.4) is 0 Å². The van der Waals surface area contributed by atoms with Crippen LogP contribution in [0, 0.1) is 19.7 Å². The molecular formula is C14H13BrFNO2S. The Kier molecular flexibility index (Phi) is 4.15. The molecule has 2 aromatic carbocycles. The molecule has 106 valence electrons. The molecule has 0 atom stereocenters. The van der Waals surface area contributed by atoms with Crippen molar-refractivity contribution in [2.45, 2.75) is 18.7 Å². The molecule has 0 fully saturated rings. The molecule has 0 unspecified atom stereocenters. The number of aryl methyl sites for hydroxylation is 1. The highest BCUT2D eigenvalue weighted by Gasteiger charge is 2.18. The largest absolute Gasteiger partial charge is 0.279 e. The quantitative estimate of drug-likeness (QED) is 0.901. The first kappa shape index (κ1) is 15.0. The van der Waals surface area contributed by atoms with Crippen LogP contribution in [-0.2, 0) is 10.0 Å². The minimum atomic E-state index is -3.75. The van der Waals surface area contributed by atoms with Crippen molar-refractivity contribution in [3.8, 4) is 0 Å². The van der Waals surface area contributed by atoms with Crippen molar-refractivity contribution in [3.63, 3.8) is 0 Å². The Labute approximate surface area is 126 Å². The normalized spacial score (nSPS) is 11.4. The third kappa shape index (κ3) is 3.02. The number of benzene rings is 2. The second-order valence-electron chi connectivity index (χ2n) is 4.43. The molecule has 1 N–H and O–H groups in total. The van der Waals surface area contributed by atoms with Gasteiger partial charge in [-0.25, -0.2) is 12.8 Å². The smallest absolute Gasteiger partial charge is 0.262 e. The summed E-state index contributed by atoms with van der Waals surface area (Å²) in [5.74, 6) is -0.448. The average Bonchev–Trinajstić information content (AvgIpc) is 2.37. The van der Waals surface area contributed by atoms with E-state index in [4.69, 9.17) is 0 Å². The summed E-state index contributed by atoms with van der Waals surface area (Å²) < 4.78 is 41.3. The standard InChI is InChI=1S/C14H13BrFNO2S/c1-9-6-7-11(15)8-14(9)20(18,19)17-13-5-3-4-12(16)10(13)2/h3-8,17H,1-2H3. The van der Waals surface area contributed by atoms with Gasteiger partial charge in [0.05, 0.1) is 10.6 Å². The molecule has 6 heteroatoms. The van der Waals surface area contributed by atoms with Gasteiger partial charge in [0.2, 0.25) is 0 Å². The van der Waals surface area contributed by atoms with E-state index in [1.807, 2.05) is 0 Å². The number of anilines is 1. The number of hydrogen-bond acceptors (Lipinski definition) is 2. The zero-order valence-corrected chi connectivity index (χ0v) is 13.3. The monoisotopic (exact) mass is 357 g/mol. The molecule has 0 amide bonds. The Morgan fingerprint density at radius 3 is 2.55 bits per heavy atom. The first-order chi connectivity index (χ1) is 9.31. The first-order valence-corrected chi connectivity index (χ1v) is 8.13.